The van der Waals surface area contributed by atoms with Crippen LogP contribution < -0.4 is 9.80 Å². The molecule has 23 heavy (non-hydrogen) atoms. The van der Waals surface area contributed by atoms with Crippen LogP contribution >= 0.6 is 0 Å². The van der Waals surface area contributed by atoms with Crippen LogP contribution in [0.25, 0.3) is 0 Å². The Morgan fingerprint density at radius 2 is 1.83 bits per heavy atom. The van der Waals surface area contributed by atoms with Crippen molar-refractivity contribution in [1.82, 2.24) is 4.98 Å². The van der Waals surface area contributed by atoms with Crippen molar-refractivity contribution in [2.75, 3.05) is 30.0 Å². The Labute approximate surface area is 134 Å². The Bertz CT molecular complexity index is 743. The van der Waals surface area contributed by atoms with E-state index >= 15 is 0 Å². The Balaban J connectivity index is 1.82. The van der Waals surface area contributed by atoms with Crippen LogP contribution in [0.4, 0.5) is 16.2 Å². The summed E-state index contributed by atoms with van der Waals surface area (Å²) >= 11 is 0. The SMILES string of the molecule is COC(=O)c1ccc(N2CCN(c3cnccc3C)C2=O)cc1. The summed E-state index contributed by atoms with van der Waals surface area (Å²) in [7, 11) is 1.34. The highest BCUT2D eigenvalue weighted by Gasteiger charge is 2.31. The van der Waals surface area contributed by atoms with E-state index in [4.69, 9.17) is 0 Å². The second-order valence-electron chi connectivity index (χ2n) is 5.29. The van der Waals surface area contributed by atoms with Crippen LogP contribution in [0.2, 0.25) is 0 Å². The molecule has 0 N–H and O–H groups in total. The van der Waals surface area contributed by atoms with Crippen molar-refractivity contribution in [3.05, 3.63) is 53.9 Å². The number of pyridine rings is 1. The first kappa shape index (κ1) is 15.0. The maximum absolute atomic E-state index is 12.7. The van der Waals surface area contributed by atoms with Crippen molar-refractivity contribution in [3.63, 3.8) is 0 Å². The molecule has 2 aromatic rings. The lowest BCUT2D eigenvalue weighted by atomic mass is 10.2. The molecule has 6 heteroatoms. The number of aryl methyl sites for hydroxylation is 1. The van der Waals surface area contributed by atoms with Crippen LogP contribution in [0, 0.1) is 6.92 Å². The summed E-state index contributed by atoms with van der Waals surface area (Å²) < 4.78 is 4.68. The molecule has 0 spiro atoms. The molecule has 118 valence electrons. The normalized spacial score (nSPS) is 14.3. The van der Waals surface area contributed by atoms with Gasteiger partial charge >= 0.3 is 12.0 Å². The Hall–Kier alpha value is -2.89. The first-order valence-corrected chi connectivity index (χ1v) is 7.30. The first-order chi connectivity index (χ1) is 11.1. The van der Waals surface area contributed by atoms with Gasteiger partial charge in [-0.3, -0.25) is 14.8 Å². The number of benzene rings is 1. The molecular formula is C17H17N3O3. The summed E-state index contributed by atoms with van der Waals surface area (Å²) in [6.07, 6.45) is 3.42. The van der Waals surface area contributed by atoms with E-state index in [2.05, 4.69) is 9.72 Å². The summed E-state index contributed by atoms with van der Waals surface area (Å²) in [6, 6.07) is 8.62. The summed E-state index contributed by atoms with van der Waals surface area (Å²) in [6.45, 7) is 3.15. The van der Waals surface area contributed by atoms with Crippen molar-refractivity contribution in [2.45, 2.75) is 6.92 Å². The van der Waals surface area contributed by atoms with Crippen molar-refractivity contribution in [2.24, 2.45) is 0 Å². The minimum atomic E-state index is -0.392. The van der Waals surface area contributed by atoms with Crippen molar-refractivity contribution in [1.29, 1.82) is 0 Å². The van der Waals surface area contributed by atoms with Gasteiger partial charge in [0.05, 0.1) is 24.6 Å². The second kappa shape index (κ2) is 6.08. The van der Waals surface area contributed by atoms with Crippen molar-refractivity contribution in [3.8, 4) is 0 Å². The van der Waals surface area contributed by atoms with Crippen LogP contribution in [-0.4, -0.2) is 37.2 Å². The minimum absolute atomic E-state index is 0.0908. The number of aromatic nitrogens is 1. The molecule has 1 aromatic carbocycles. The van der Waals surface area contributed by atoms with Crippen LogP contribution in [0.1, 0.15) is 15.9 Å². The number of nitrogens with zero attached hydrogens (tertiary/aromatic N) is 3. The van der Waals surface area contributed by atoms with E-state index in [-0.39, 0.29) is 6.03 Å². The average molecular weight is 311 g/mol. The molecule has 1 fully saturated rings. The van der Waals surface area contributed by atoms with Gasteiger partial charge in [0.15, 0.2) is 0 Å². The van der Waals surface area contributed by atoms with E-state index in [0.717, 1.165) is 16.9 Å². The standard InChI is InChI=1S/C17H17N3O3/c1-12-7-8-18-11-15(12)20-10-9-19(17(20)22)14-5-3-13(4-6-14)16(21)23-2/h3-8,11H,9-10H2,1-2H3. The van der Waals surface area contributed by atoms with Gasteiger partial charge in [-0.25, -0.2) is 9.59 Å². The number of rotatable bonds is 3. The zero-order valence-corrected chi connectivity index (χ0v) is 13.0. The molecule has 2 amide bonds. The Morgan fingerprint density at radius 3 is 2.48 bits per heavy atom. The van der Waals surface area contributed by atoms with Gasteiger partial charge in [0.25, 0.3) is 0 Å². The van der Waals surface area contributed by atoms with E-state index < -0.39 is 5.97 Å². The lowest BCUT2D eigenvalue weighted by Crippen LogP contribution is -2.32. The third-order valence-electron chi connectivity index (χ3n) is 3.91. The molecule has 1 aliphatic heterocycles. The molecule has 0 radical (unpaired) electrons. The van der Waals surface area contributed by atoms with Gasteiger partial charge in [0, 0.05) is 25.0 Å². The predicted octanol–water partition coefficient (Wildman–Crippen LogP) is 2.62. The molecule has 0 aliphatic carbocycles. The van der Waals surface area contributed by atoms with Gasteiger partial charge in [-0.2, -0.15) is 0 Å². The van der Waals surface area contributed by atoms with Crippen LogP contribution in [0.15, 0.2) is 42.7 Å². The van der Waals surface area contributed by atoms with Crippen LogP contribution in [0.5, 0.6) is 0 Å². The molecule has 1 saturated heterocycles. The molecule has 1 aromatic heterocycles. The number of carbonyl (C=O) groups excluding carboxylic acids is 2. The highest BCUT2D eigenvalue weighted by molar-refractivity contribution is 6.06. The van der Waals surface area contributed by atoms with Gasteiger partial charge < -0.3 is 4.74 Å². The van der Waals surface area contributed by atoms with Gasteiger partial charge in [0.1, 0.15) is 0 Å². The lowest BCUT2D eigenvalue weighted by Gasteiger charge is -2.20. The van der Waals surface area contributed by atoms with Crippen molar-refractivity contribution >= 4 is 23.4 Å². The maximum atomic E-state index is 12.7. The smallest absolute Gasteiger partial charge is 0.337 e. The fraction of sp³-hybridized carbons (Fsp3) is 0.235. The zero-order chi connectivity index (χ0) is 16.4. The number of anilines is 2. The minimum Gasteiger partial charge on any atom is -0.465 e. The quantitative estimate of drug-likeness (QED) is 0.818. The lowest BCUT2D eigenvalue weighted by molar-refractivity contribution is 0.0601. The van der Waals surface area contributed by atoms with Crippen LogP contribution in [-0.2, 0) is 4.74 Å². The van der Waals surface area contributed by atoms with E-state index in [0.29, 0.717) is 18.7 Å². The fourth-order valence-corrected chi connectivity index (χ4v) is 2.63. The van der Waals surface area contributed by atoms with E-state index in [1.807, 2.05) is 13.0 Å². The molecule has 3 rings (SSSR count). The highest BCUT2D eigenvalue weighted by Crippen LogP contribution is 2.27. The molecular weight excluding hydrogens is 294 g/mol. The van der Waals surface area contributed by atoms with E-state index in [1.165, 1.54) is 7.11 Å². The van der Waals surface area contributed by atoms with Gasteiger partial charge in [-0.15, -0.1) is 0 Å². The van der Waals surface area contributed by atoms with Gasteiger partial charge in [-0.1, -0.05) is 0 Å². The predicted molar refractivity (Wildman–Crippen MR) is 86.8 cm³/mol. The largest absolute Gasteiger partial charge is 0.465 e. The van der Waals surface area contributed by atoms with Crippen molar-refractivity contribution < 1.29 is 14.3 Å². The summed E-state index contributed by atoms with van der Waals surface area (Å²) in [5.41, 5.74) is 3.05. The third-order valence-corrected chi connectivity index (χ3v) is 3.91. The topological polar surface area (TPSA) is 62.7 Å². The molecule has 0 bridgehead atoms. The first-order valence-electron chi connectivity index (χ1n) is 7.30. The maximum Gasteiger partial charge on any atom is 0.337 e. The van der Waals surface area contributed by atoms with E-state index in [9.17, 15) is 9.59 Å². The Kier molecular flexibility index (Phi) is 3.97. The summed E-state index contributed by atoms with van der Waals surface area (Å²) in [4.78, 5) is 31.6. The second-order valence-corrected chi connectivity index (χ2v) is 5.29. The molecule has 0 saturated carbocycles. The number of hydrogen-bond acceptors (Lipinski definition) is 4. The number of carbonyl (C=O) groups is 2. The highest BCUT2D eigenvalue weighted by atomic mass is 16.5. The molecule has 0 atom stereocenters. The molecule has 2 heterocycles. The van der Waals surface area contributed by atoms with Gasteiger partial charge in [0.2, 0.25) is 0 Å². The number of amides is 2. The number of ether oxygens (including phenoxy) is 1. The Morgan fingerprint density at radius 1 is 1.13 bits per heavy atom. The third kappa shape index (κ3) is 2.75. The zero-order valence-electron chi connectivity index (χ0n) is 13.0. The summed E-state index contributed by atoms with van der Waals surface area (Å²) in [5.74, 6) is -0.392. The van der Waals surface area contributed by atoms with Crippen LogP contribution in [0.3, 0.4) is 0 Å². The average Bonchev–Trinajstić information content (AvgIpc) is 2.96. The number of methoxy groups -OCH3 is 1. The monoisotopic (exact) mass is 311 g/mol. The summed E-state index contributed by atoms with van der Waals surface area (Å²) in [5, 5.41) is 0. The van der Waals surface area contributed by atoms with Gasteiger partial charge in [-0.05, 0) is 42.8 Å². The number of urea groups is 1. The number of esters is 1. The molecule has 6 nitrogen and oxygen atoms in total. The molecule has 0 unspecified atom stereocenters. The number of hydrogen-bond donors (Lipinski definition) is 0. The molecule has 1 aliphatic rings. The van der Waals surface area contributed by atoms with E-state index in [1.54, 1.807) is 46.5 Å². The fourth-order valence-electron chi connectivity index (χ4n) is 2.63.